The van der Waals surface area contributed by atoms with Gasteiger partial charge in [-0.05, 0) is 165 Å². The van der Waals surface area contributed by atoms with Crippen molar-refractivity contribution in [3.8, 4) is 57.5 Å². The Labute approximate surface area is 735 Å². The van der Waals surface area contributed by atoms with Gasteiger partial charge in [0.2, 0.25) is 0 Å². The summed E-state index contributed by atoms with van der Waals surface area (Å²) in [7, 11) is 0. The van der Waals surface area contributed by atoms with E-state index in [0.717, 1.165) is 43.2 Å². The van der Waals surface area contributed by atoms with Crippen LogP contribution in [-0.2, 0) is 53.8 Å². The first kappa shape index (κ1) is 85.1. The number of anilines is 2. The van der Waals surface area contributed by atoms with Crippen LogP contribution >= 0.6 is 0 Å². The summed E-state index contributed by atoms with van der Waals surface area (Å²) in [6.45, 7) is 34.9. The molecule has 20 nitrogen and oxygen atoms in total. The van der Waals surface area contributed by atoms with E-state index in [1.54, 1.807) is 60.9 Å². The summed E-state index contributed by atoms with van der Waals surface area (Å²) in [5.41, 5.74) is 4.34. The minimum absolute atomic E-state index is 0.000947. The monoisotopic (exact) mass is 1690 g/mol. The van der Waals surface area contributed by atoms with Crippen LogP contribution in [-0.4, -0.2) is 106 Å². The van der Waals surface area contributed by atoms with Crippen LogP contribution in [0.1, 0.15) is 198 Å². The number of imide groups is 2. The van der Waals surface area contributed by atoms with Gasteiger partial charge >= 0.3 is 0 Å². The Balaban J connectivity index is 0.974. The van der Waals surface area contributed by atoms with Gasteiger partial charge in [-0.15, -0.1) is 0 Å². The molecule has 6 amide bonds. The lowest BCUT2D eigenvalue weighted by Crippen LogP contribution is -2.55. The lowest BCUT2D eigenvalue weighted by atomic mass is 9.80. The normalized spacial score (nSPS) is 15.7. The van der Waals surface area contributed by atoms with Gasteiger partial charge in [0, 0.05) is 67.6 Å². The first-order chi connectivity index (χ1) is 60.1. The van der Waals surface area contributed by atoms with Crippen molar-refractivity contribution in [1.29, 1.82) is 0 Å². The summed E-state index contributed by atoms with van der Waals surface area (Å²) in [4.78, 5) is 117. The van der Waals surface area contributed by atoms with Crippen LogP contribution < -0.4 is 38.2 Å². The van der Waals surface area contributed by atoms with E-state index in [9.17, 15) is 0 Å². The Morgan fingerprint density at radius 1 is 0.365 bits per heavy atom. The molecule has 0 N–H and O–H groups in total. The molecule has 4 aliphatic rings. The zero-order valence-electron chi connectivity index (χ0n) is 74.3. The molecule has 17 rings (SSSR count). The summed E-state index contributed by atoms with van der Waals surface area (Å²) < 4.78 is 53.6. The van der Waals surface area contributed by atoms with E-state index in [-0.39, 0.29) is 185 Å². The minimum atomic E-state index is -1.47. The maximum Gasteiger partial charge on any atom is 0.262 e. The fourth-order valence-corrected chi connectivity index (χ4v) is 17.0. The number of pyridine rings is 2. The summed E-state index contributed by atoms with van der Waals surface area (Å²) in [6.07, 6.45) is 3.00. The molecule has 0 spiro atoms. The van der Waals surface area contributed by atoms with Crippen LogP contribution in [0, 0.1) is 11.8 Å². The summed E-state index contributed by atoms with van der Waals surface area (Å²) >= 11 is 0. The first-order valence-corrected chi connectivity index (χ1v) is 43.5. The highest BCUT2D eigenvalue weighted by molar-refractivity contribution is 6.45. The Hall–Kier alpha value is -13.0. The quantitative estimate of drug-likeness (QED) is 0.0192. The van der Waals surface area contributed by atoms with Crippen molar-refractivity contribution in [1.82, 2.24) is 19.8 Å². The van der Waals surface area contributed by atoms with Crippen molar-refractivity contribution in [2.75, 3.05) is 36.2 Å². The van der Waals surface area contributed by atoms with Gasteiger partial charge in [-0.3, -0.25) is 48.4 Å². The number of carbonyl (C=O) groups excluding carboxylic acids is 6. The topological polar surface area (TPSA) is 222 Å². The predicted molar refractivity (Wildman–Crippen MR) is 490 cm³/mol. The van der Waals surface area contributed by atoms with Gasteiger partial charge in [0.25, 0.3) is 35.4 Å². The van der Waals surface area contributed by atoms with Crippen molar-refractivity contribution in [2.24, 2.45) is 11.8 Å². The summed E-state index contributed by atoms with van der Waals surface area (Å²) in [5, 5.41) is 2.05. The van der Waals surface area contributed by atoms with Crippen LogP contribution in [0.2, 0.25) is 0 Å². The molecule has 0 saturated carbocycles. The largest absolute Gasteiger partial charge is 0.491 e. The van der Waals surface area contributed by atoms with Crippen LogP contribution in [0.25, 0.3) is 43.1 Å². The Bertz CT molecular complexity index is 5740. The second-order valence-electron chi connectivity index (χ2n) is 38.5. The van der Waals surface area contributed by atoms with E-state index in [4.69, 9.17) is 47.9 Å². The van der Waals surface area contributed by atoms with Crippen LogP contribution in [0.15, 0.2) is 219 Å². The smallest absolute Gasteiger partial charge is 0.262 e. The Morgan fingerprint density at radius 3 is 0.881 bits per heavy atom. The number of fused-ring (bicyclic) bond motifs is 2. The molecule has 13 aromatic rings. The summed E-state index contributed by atoms with van der Waals surface area (Å²) in [6, 6.07) is 60.1. The van der Waals surface area contributed by atoms with Crippen molar-refractivity contribution in [3.63, 3.8) is 0 Å². The molecule has 2 aromatic heterocycles. The minimum Gasteiger partial charge on any atom is -0.491 e. The van der Waals surface area contributed by atoms with Gasteiger partial charge in [-0.1, -0.05) is 220 Å². The molecule has 2 saturated heterocycles. The number of hydrogen-bond acceptors (Lipinski definition) is 16. The molecule has 0 aliphatic carbocycles. The Kier molecular flexibility index (Phi) is 22.6. The molecule has 20 heteroatoms. The van der Waals surface area contributed by atoms with Crippen LogP contribution in [0.3, 0.4) is 0 Å². The maximum atomic E-state index is 17.2. The van der Waals surface area contributed by atoms with E-state index in [1.165, 1.54) is 9.80 Å². The average Bonchev–Trinajstić information content (AvgIpc) is 0.884. The lowest BCUT2D eigenvalue weighted by molar-refractivity contribution is -0.123. The highest BCUT2D eigenvalue weighted by Crippen LogP contribution is 2.59. The highest BCUT2D eigenvalue weighted by atomic mass is 16.6. The number of epoxide rings is 2. The second kappa shape index (κ2) is 33.5. The second-order valence-corrected chi connectivity index (χ2v) is 38.5. The van der Waals surface area contributed by atoms with Crippen molar-refractivity contribution in [2.45, 2.75) is 183 Å². The van der Waals surface area contributed by atoms with Gasteiger partial charge in [-0.25, -0.2) is 9.97 Å². The fourth-order valence-electron chi connectivity index (χ4n) is 17.0. The van der Waals surface area contributed by atoms with Crippen molar-refractivity contribution in [3.05, 3.63) is 274 Å². The maximum absolute atomic E-state index is 17.2. The van der Waals surface area contributed by atoms with E-state index < -0.39 is 47.5 Å². The highest BCUT2D eigenvalue weighted by Gasteiger charge is 2.49. The SMILES string of the molecule is CC(C)CC(C(=O)N(Cc1ccccc1)c1cc(OCC2CO2)ccn1)N1C(=O)c2cc(Oc3ccc(C(C)(C)C)cc3)c3c4c(Oc5ccc(C(C)(C)C)cc5)cc5c6c(cc(Oc7ccc(C(C)(C)C)cc7)c(c7c(Oc8ccc(C(C)(C)C)cc8)cc(c2c37)C1=O)c64)C(=O)N(C(CC(C)C)C(=O)N(Cc1ccccc1)c1cc(OCC2CO2)ccn1)C5=O. The molecule has 4 aliphatic heterocycles. The molecule has 11 aromatic carbocycles. The van der Waals surface area contributed by atoms with E-state index in [2.05, 4.69) is 83.1 Å². The van der Waals surface area contributed by atoms with Gasteiger partial charge in [0.05, 0.1) is 48.6 Å². The molecule has 0 bridgehead atoms. The van der Waals surface area contributed by atoms with Crippen molar-refractivity contribution < 1.29 is 66.7 Å². The van der Waals surface area contributed by atoms with Crippen LogP contribution in [0.5, 0.6) is 57.5 Å². The molecule has 0 radical (unpaired) electrons. The third kappa shape index (κ3) is 17.2. The predicted octanol–water partition coefficient (Wildman–Crippen LogP) is 22.9. The zero-order valence-corrected chi connectivity index (χ0v) is 74.3. The molecule has 4 atom stereocenters. The number of aromatic nitrogens is 2. The number of ether oxygens (including phenoxy) is 8. The Morgan fingerprint density at radius 2 is 0.635 bits per heavy atom. The fraction of sp³-hybridized carbons (Fsp3) is 0.321. The zero-order chi connectivity index (χ0) is 88.7. The molecule has 644 valence electrons. The van der Waals surface area contributed by atoms with E-state index in [0.29, 0.717) is 47.7 Å². The third-order valence-corrected chi connectivity index (χ3v) is 23.9. The van der Waals surface area contributed by atoms with Gasteiger partial charge in [-0.2, -0.15) is 0 Å². The lowest BCUT2D eigenvalue weighted by Gasteiger charge is -2.38. The molecule has 126 heavy (non-hydrogen) atoms. The van der Waals surface area contributed by atoms with Gasteiger partial charge < -0.3 is 37.9 Å². The van der Waals surface area contributed by atoms with Gasteiger partial charge in [0.1, 0.15) is 107 Å². The molecule has 6 heterocycles. The summed E-state index contributed by atoms with van der Waals surface area (Å²) in [5.74, 6) is -1.92. The molecular weight excluding hydrogens is 1580 g/mol. The number of benzene rings is 11. The average molecular weight is 1690 g/mol. The number of amides is 6. The molecular formula is C106H106N6O14. The number of hydrogen-bond donors (Lipinski definition) is 0. The van der Waals surface area contributed by atoms with E-state index in [1.807, 2.05) is 185 Å². The standard InChI is InChI=1S/C106H106N6O14/c1-61(2)47-81(101(117)109(55-63-23-19-17-20-24-63)87-49-73(43-45-107-87)119-57-75-59-121-75)111-97(113)77-51-83(123-69-35-27-65(28-36-69)103(5,6)7)91-93-85(125-71-39-31-67(32-40-71)105(11,12)13)53-79-90-80(100(116)112(99(79)115)82(48-62(3)4)102(118)110(56-64-25-21-18-22-26-64)88-50-74(44-46-108-88)120-58-76-60-122-76)54-86(126-72-41-33-68(34-42-72)106(14,15)16)94(96(90)93)92-84(52-78(98(111)114)89(77)95(91)92)124-70-37-29-66(30-38-70)104(8,9)10/h17-46,49-54,61-62,75-76,81-82H,47-48,55-60H2,1-16H3. The van der Waals surface area contributed by atoms with E-state index >= 15 is 28.8 Å². The number of rotatable bonds is 28. The van der Waals surface area contributed by atoms with Gasteiger partial charge in [0.15, 0.2) is 0 Å². The number of nitrogens with zero attached hydrogens (tertiary/aromatic N) is 6. The first-order valence-electron chi connectivity index (χ1n) is 43.5. The van der Waals surface area contributed by atoms with Crippen molar-refractivity contribution >= 4 is 90.2 Å². The molecule has 4 unspecified atom stereocenters. The number of carbonyl (C=O) groups is 6. The third-order valence-electron chi connectivity index (χ3n) is 23.9. The van der Waals surface area contributed by atoms with Crippen LogP contribution in [0.4, 0.5) is 11.6 Å². The molecule has 2 fully saturated rings.